The number of rotatable bonds is 6. The van der Waals surface area contributed by atoms with E-state index in [0.717, 1.165) is 17.8 Å². The molecule has 0 fully saturated rings. The van der Waals surface area contributed by atoms with Gasteiger partial charge in [-0.15, -0.1) is 24.8 Å². The second kappa shape index (κ2) is 9.58. The van der Waals surface area contributed by atoms with Gasteiger partial charge in [0, 0.05) is 25.8 Å². The summed E-state index contributed by atoms with van der Waals surface area (Å²) < 4.78 is 25.5. The Hall–Kier alpha value is -0.430. The van der Waals surface area contributed by atoms with Crippen LogP contribution in [0.3, 0.4) is 0 Å². The Labute approximate surface area is 112 Å². The van der Waals surface area contributed by atoms with E-state index < -0.39 is 6.55 Å². The van der Waals surface area contributed by atoms with Gasteiger partial charge in [0.25, 0.3) is 0 Å². The minimum atomic E-state index is -2.56. The van der Waals surface area contributed by atoms with Gasteiger partial charge in [0.1, 0.15) is 0 Å². The van der Waals surface area contributed by atoms with Crippen LogP contribution in [-0.2, 0) is 6.54 Å². The lowest BCUT2D eigenvalue weighted by Crippen LogP contribution is -2.27. The molecule has 0 saturated heterocycles. The van der Waals surface area contributed by atoms with Crippen molar-refractivity contribution in [2.75, 3.05) is 27.2 Å². The van der Waals surface area contributed by atoms with E-state index in [2.05, 4.69) is 10.4 Å². The molecule has 1 rings (SSSR count). The van der Waals surface area contributed by atoms with E-state index in [1.807, 2.05) is 19.0 Å². The maximum absolute atomic E-state index is 12.4. The lowest BCUT2D eigenvalue weighted by Gasteiger charge is -2.11. The molecule has 0 aliphatic heterocycles. The molecule has 0 saturated carbocycles. The number of nitrogens with one attached hydrogen (secondary N) is 1. The highest BCUT2D eigenvalue weighted by Gasteiger charge is 2.10. The van der Waals surface area contributed by atoms with Crippen LogP contribution in [0.4, 0.5) is 8.78 Å². The van der Waals surface area contributed by atoms with Crippen LogP contribution < -0.4 is 5.32 Å². The second-order valence-electron chi connectivity index (χ2n) is 3.52. The van der Waals surface area contributed by atoms with Crippen LogP contribution in [-0.4, -0.2) is 41.9 Å². The minimum absolute atomic E-state index is 0. The van der Waals surface area contributed by atoms with Gasteiger partial charge >= 0.3 is 6.55 Å². The topological polar surface area (TPSA) is 33.1 Å². The van der Waals surface area contributed by atoms with Crippen LogP contribution >= 0.6 is 24.8 Å². The van der Waals surface area contributed by atoms with E-state index >= 15 is 0 Å². The van der Waals surface area contributed by atoms with Crippen molar-refractivity contribution in [2.24, 2.45) is 0 Å². The van der Waals surface area contributed by atoms with Crippen molar-refractivity contribution >= 4 is 24.8 Å². The summed E-state index contributed by atoms with van der Waals surface area (Å²) in [6.45, 7) is -0.506. The third-order valence-electron chi connectivity index (χ3n) is 1.98. The molecule has 0 bridgehead atoms. The van der Waals surface area contributed by atoms with Gasteiger partial charge in [-0.25, -0.2) is 4.68 Å². The van der Waals surface area contributed by atoms with Crippen LogP contribution in [0.1, 0.15) is 12.2 Å². The molecule has 0 atom stereocenters. The minimum Gasteiger partial charge on any atom is -0.310 e. The van der Waals surface area contributed by atoms with Crippen LogP contribution in [0.2, 0.25) is 0 Å². The van der Waals surface area contributed by atoms with Gasteiger partial charge < -0.3 is 10.2 Å². The quantitative estimate of drug-likeness (QED) is 0.811. The molecule has 0 radical (unpaired) electrons. The number of hydrogen-bond donors (Lipinski definition) is 1. The summed E-state index contributed by atoms with van der Waals surface area (Å²) in [5.74, 6) is 0. The zero-order valence-electron chi connectivity index (χ0n) is 9.77. The third kappa shape index (κ3) is 6.78. The fourth-order valence-corrected chi connectivity index (χ4v) is 1.18. The first-order chi connectivity index (χ1) is 7.11. The second-order valence-corrected chi connectivity index (χ2v) is 3.52. The normalized spacial score (nSPS) is 10.2. The predicted octanol–water partition coefficient (Wildman–Crippen LogP) is 1.77. The summed E-state index contributed by atoms with van der Waals surface area (Å²) in [7, 11) is 3.93. The Bertz CT molecular complexity index is 294. The molecule has 1 aromatic rings. The molecular formula is C9H18Cl2F2N4. The monoisotopic (exact) mass is 290 g/mol. The predicted molar refractivity (Wildman–Crippen MR) is 68.2 cm³/mol. The summed E-state index contributed by atoms with van der Waals surface area (Å²) in [6.07, 6.45) is 1.38. The molecule has 0 aliphatic carbocycles. The molecule has 0 amide bonds. The van der Waals surface area contributed by atoms with Gasteiger partial charge in [0.05, 0.1) is 5.69 Å². The number of halogens is 4. The zero-order valence-corrected chi connectivity index (χ0v) is 11.4. The molecule has 1 heterocycles. The number of likely N-dealkylation sites (N-methyl/N-ethyl adjacent to an activating group) is 1. The molecular weight excluding hydrogens is 273 g/mol. The third-order valence-corrected chi connectivity index (χ3v) is 1.98. The Morgan fingerprint density at radius 2 is 2.06 bits per heavy atom. The molecule has 17 heavy (non-hydrogen) atoms. The van der Waals surface area contributed by atoms with Crippen molar-refractivity contribution in [3.63, 3.8) is 0 Å². The van der Waals surface area contributed by atoms with E-state index in [1.54, 1.807) is 6.07 Å². The molecule has 0 aromatic carbocycles. The molecule has 0 aliphatic rings. The van der Waals surface area contributed by atoms with E-state index in [0.29, 0.717) is 12.2 Å². The van der Waals surface area contributed by atoms with Gasteiger partial charge in [-0.2, -0.15) is 13.9 Å². The lowest BCUT2D eigenvalue weighted by atomic mass is 10.4. The van der Waals surface area contributed by atoms with E-state index in [9.17, 15) is 8.78 Å². The van der Waals surface area contributed by atoms with Gasteiger partial charge in [-0.1, -0.05) is 0 Å². The summed E-state index contributed by atoms with van der Waals surface area (Å²) in [5.41, 5.74) is 0.503. The molecule has 1 aromatic heterocycles. The van der Waals surface area contributed by atoms with Gasteiger partial charge in [0.15, 0.2) is 0 Å². The number of hydrogen-bond acceptors (Lipinski definition) is 3. The van der Waals surface area contributed by atoms with Gasteiger partial charge in [0.2, 0.25) is 0 Å². The van der Waals surface area contributed by atoms with E-state index in [4.69, 9.17) is 0 Å². The molecule has 102 valence electrons. The standard InChI is InChI=1S/C9H16F2N4.2ClH/c1-14(2)6-5-12-7-8-3-4-13-15(8)9(10)11;;/h3-4,9,12H,5-7H2,1-2H3;2*1H. The van der Waals surface area contributed by atoms with Crippen molar-refractivity contribution in [1.82, 2.24) is 20.0 Å². The summed E-state index contributed by atoms with van der Waals surface area (Å²) in [5, 5.41) is 6.62. The molecule has 8 heteroatoms. The summed E-state index contributed by atoms with van der Waals surface area (Å²) in [6, 6.07) is 1.59. The highest BCUT2D eigenvalue weighted by Crippen LogP contribution is 2.11. The zero-order chi connectivity index (χ0) is 11.3. The first kappa shape index (κ1) is 18.9. The van der Waals surface area contributed by atoms with E-state index in [-0.39, 0.29) is 24.8 Å². The van der Waals surface area contributed by atoms with Crippen molar-refractivity contribution in [1.29, 1.82) is 0 Å². The highest BCUT2D eigenvalue weighted by atomic mass is 35.5. The fourth-order valence-electron chi connectivity index (χ4n) is 1.18. The average Bonchev–Trinajstić information content (AvgIpc) is 2.60. The maximum Gasteiger partial charge on any atom is 0.333 e. The van der Waals surface area contributed by atoms with Crippen LogP contribution in [0.15, 0.2) is 12.3 Å². The Morgan fingerprint density at radius 3 is 2.59 bits per heavy atom. The molecule has 4 nitrogen and oxygen atoms in total. The van der Waals surface area contributed by atoms with Crippen molar-refractivity contribution in [2.45, 2.75) is 13.1 Å². The van der Waals surface area contributed by atoms with Crippen LogP contribution in [0, 0.1) is 0 Å². The smallest absolute Gasteiger partial charge is 0.310 e. The number of alkyl halides is 2. The van der Waals surface area contributed by atoms with E-state index in [1.165, 1.54) is 6.20 Å². The van der Waals surface area contributed by atoms with Crippen molar-refractivity contribution in [3.8, 4) is 0 Å². The Kier molecular flexibility index (Phi) is 10.7. The number of nitrogens with zero attached hydrogens (tertiary/aromatic N) is 3. The largest absolute Gasteiger partial charge is 0.333 e. The Morgan fingerprint density at radius 1 is 1.41 bits per heavy atom. The van der Waals surface area contributed by atoms with Crippen LogP contribution in [0.5, 0.6) is 0 Å². The first-order valence-electron chi connectivity index (χ1n) is 4.77. The highest BCUT2D eigenvalue weighted by molar-refractivity contribution is 5.85. The molecule has 1 N–H and O–H groups in total. The van der Waals surface area contributed by atoms with Gasteiger partial charge in [-0.05, 0) is 20.2 Å². The lowest BCUT2D eigenvalue weighted by molar-refractivity contribution is 0.0531. The summed E-state index contributed by atoms with van der Waals surface area (Å²) >= 11 is 0. The van der Waals surface area contributed by atoms with Crippen molar-refractivity contribution in [3.05, 3.63) is 18.0 Å². The first-order valence-corrected chi connectivity index (χ1v) is 4.77. The van der Waals surface area contributed by atoms with Crippen LogP contribution in [0.25, 0.3) is 0 Å². The number of aromatic nitrogens is 2. The average molecular weight is 291 g/mol. The fraction of sp³-hybridized carbons (Fsp3) is 0.667. The van der Waals surface area contributed by atoms with Crippen molar-refractivity contribution < 1.29 is 8.78 Å². The Balaban J connectivity index is 0. The summed E-state index contributed by atoms with van der Waals surface area (Å²) in [4.78, 5) is 2.03. The maximum atomic E-state index is 12.4. The van der Waals surface area contributed by atoms with Gasteiger partial charge in [-0.3, -0.25) is 0 Å². The molecule has 0 unspecified atom stereocenters. The molecule has 0 spiro atoms. The SMILES string of the molecule is CN(C)CCNCc1ccnn1C(F)F.Cl.Cl.